The Morgan fingerprint density at radius 3 is 2.23 bits per heavy atom. The minimum Gasteiger partial charge on any atom is -0.478 e. The fourth-order valence-corrected chi connectivity index (χ4v) is 1.33. The molecule has 22 heavy (non-hydrogen) atoms. The second kappa shape index (κ2) is 6.40. The maximum absolute atomic E-state index is 11.1. The number of non-ortho nitro benzene ring substituents is 1. The second-order valence-electron chi connectivity index (χ2n) is 3.50. The van der Waals surface area contributed by atoms with Gasteiger partial charge in [-0.1, -0.05) is 0 Å². The number of nitro groups is 2. The Morgan fingerprint density at radius 1 is 1.23 bits per heavy atom. The van der Waals surface area contributed by atoms with E-state index in [0.717, 1.165) is 0 Å². The molecule has 0 amide bonds. The highest BCUT2D eigenvalue weighted by atomic mass is 16.6. The van der Waals surface area contributed by atoms with Gasteiger partial charge in [-0.25, -0.2) is 4.79 Å². The number of nitrogens with one attached hydrogen (secondary N) is 1. The maximum Gasteiger partial charge on any atom is 0.338 e. The largest absolute Gasteiger partial charge is 0.478 e. The Labute approximate surface area is 120 Å². The number of anilines is 1. The predicted octanol–water partition coefficient (Wildman–Crippen LogP) is 1.02. The van der Waals surface area contributed by atoms with E-state index >= 15 is 0 Å². The van der Waals surface area contributed by atoms with Crippen molar-refractivity contribution >= 4 is 28.7 Å². The smallest absolute Gasteiger partial charge is 0.338 e. The fourth-order valence-electron chi connectivity index (χ4n) is 1.33. The average molecular weight is 304 g/mol. The van der Waals surface area contributed by atoms with E-state index in [1.54, 1.807) is 0 Å². The van der Waals surface area contributed by atoms with Crippen molar-refractivity contribution in [2.24, 2.45) is 5.10 Å². The van der Waals surface area contributed by atoms with Gasteiger partial charge < -0.3 is 5.11 Å². The molecule has 1 aromatic rings. The lowest BCUT2D eigenvalue weighted by Gasteiger charge is -2.06. The number of aromatic carboxylic acids is 1. The Balaban J connectivity index is 3.60. The summed E-state index contributed by atoms with van der Waals surface area (Å²) in [6.07, 6.45) is 0. The van der Waals surface area contributed by atoms with Crippen LogP contribution >= 0.6 is 0 Å². The molecule has 0 fully saturated rings. The maximum atomic E-state index is 11.1. The first-order valence-electron chi connectivity index (χ1n) is 5.15. The van der Waals surface area contributed by atoms with Gasteiger partial charge in [0.1, 0.15) is 17.8 Å². The number of hydrazone groups is 1. The van der Waals surface area contributed by atoms with Crippen molar-refractivity contribution in [1.82, 2.24) is 0 Å². The molecular formula is C10H4N6O6. The predicted molar refractivity (Wildman–Crippen MR) is 69.0 cm³/mol. The molecule has 0 saturated carbocycles. The third kappa shape index (κ3) is 3.28. The Hall–Kier alpha value is -4.06. The van der Waals surface area contributed by atoms with Gasteiger partial charge in [0, 0.05) is 6.07 Å². The lowest BCUT2D eigenvalue weighted by molar-refractivity contribution is -0.393. The van der Waals surface area contributed by atoms with E-state index in [9.17, 15) is 25.0 Å². The number of carbonyl (C=O) groups is 1. The average Bonchev–Trinajstić information content (AvgIpc) is 2.47. The van der Waals surface area contributed by atoms with Gasteiger partial charge in [-0.05, 0) is 0 Å². The van der Waals surface area contributed by atoms with Crippen LogP contribution in [0.5, 0.6) is 0 Å². The molecule has 1 rings (SSSR count). The van der Waals surface area contributed by atoms with Crippen LogP contribution in [0.25, 0.3) is 0 Å². The van der Waals surface area contributed by atoms with Crippen molar-refractivity contribution < 1.29 is 19.7 Å². The second-order valence-corrected chi connectivity index (χ2v) is 3.50. The van der Waals surface area contributed by atoms with Crippen LogP contribution in [0.3, 0.4) is 0 Å². The molecule has 0 aromatic heterocycles. The number of rotatable bonds is 5. The van der Waals surface area contributed by atoms with Gasteiger partial charge in [0.15, 0.2) is 0 Å². The molecule has 0 unspecified atom stereocenters. The van der Waals surface area contributed by atoms with Crippen LogP contribution in [0.1, 0.15) is 10.4 Å². The van der Waals surface area contributed by atoms with E-state index in [4.69, 9.17) is 15.6 Å². The summed E-state index contributed by atoms with van der Waals surface area (Å²) in [6.45, 7) is 0. The van der Waals surface area contributed by atoms with E-state index in [1.165, 1.54) is 12.1 Å². The molecule has 0 aliphatic carbocycles. The molecule has 1 aromatic carbocycles. The molecule has 12 nitrogen and oxygen atoms in total. The molecule has 12 heteroatoms. The molecule has 0 heterocycles. The van der Waals surface area contributed by atoms with Crippen LogP contribution in [-0.2, 0) is 0 Å². The minimum atomic E-state index is -1.69. The summed E-state index contributed by atoms with van der Waals surface area (Å²) in [5, 5.41) is 50.8. The molecule has 110 valence electrons. The Bertz CT molecular complexity index is 735. The van der Waals surface area contributed by atoms with Gasteiger partial charge in [0.25, 0.3) is 5.69 Å². The molecule has 0 saturated heterocycles. The molecular weight excluding hydrogens is 300 g/mol. The summed E-state index contributed by atoms with van der Waals surface area (Å²) in [5.74, 6) is -1.69. The van der Waals surface area contributed by atoms with Gasteiger partial charge in [-0.2, -0.15) is 15.6 Å². The zero-order valence-electron chi connectivity index (χ0n) is 10.4. The van der Waals surface area contributed by atoms with E-state index in [1.807, 2.05) is 5.43 Å². The van der Waals surface area contributed by atoms with E-state index in [-0.39, 0.29) is 0 Å². The lowest BCUT2D eigenvalue weighted by atomic mass is 10.1. The minimum absolute atomic E-state index is 0.530. The monoisotopic (exact) mass is 304 g/mol. The number of nitriles is 2. The number of carboxylic acids is 1. The Kier molecular flexibility index (Phi) is 4.65. The highest BCUT2D eigenvalue weighted by molar-refractivity contribution is 6.10. The van der Waals surface area contributed by atoms with Gasteiger partial charge >= 0.3 is 11.7 Å². The summed E-state index contributed by atoms with van der Waals surface area (Å²) in [7, 11) is 0. The third-order valence-corrected chi connectivity index (χ3v) is 2.23. The van der Waals surface area contributed by atoms with Crippen molar-refractivity contribution in [2.75, 3.05) is 5.43 Å². The molecule has 2 N–H and O–H groups in total. The molecule has 0 aliphatic heterocycles. The number of carboxylic acid groups (broad SMARTS) is 1. The summed E-state index contributed by atoms with van der Waals surface area (Å²) in [6, 6.07) is 3.82. The summed E-state index contributed by atoms with van der Waals surface area (Å²) in [4.78, 5) is 30.6. The topological polar surface area (TPSA) is 196 Å². The molecule has 0 spiro atoms. The van der Waals surface area contributed by atoms with Crippen LogP contribution < -0.4 is 5.43 Å². The van der Waals surface area contributed by atoms with E-state index < -0.39 is 44.2 Å². The zero-order valence-corrected chi connectivity index (χ0v) is 10.4. The number of hydrogen-bond acceptors (Lipinski definition) is 9. The van der Waals surface area contributed by atoms with Crippen molar-refractivity contribution in [3.63, 3.8) is 0 Å². The van der Waals surface area contributed by atoms with Crippen LogP contribution in [0.15, 0.2) is 17.2 Å². The lowest BCUT2D eigenvalue weighted by Crippen LogP contribution is -2.08. The SMILES string of the molecule is N#CC(C#N)=NNc1c(C(=O)O)cc([N+](=O)[O-])cc1[N+](=O)[O-]. The first kappa shape index (κ1) is 16.0. The standard InChI is InChI=1S/C10H4N6O6/c11-3-5(4-12)13-14-9-7(10(17)18)1-6(15(19)20)2-8(9)16(21)22/h1-2,14H,(H,17,18). The molecule has 0 aliphatic rings. The van der Waals surface area contributed by atoms with Crippen molar-refractivity contribution in [3.05, 3.63) is 37.9 Å². The van der Waals surface area contributed by atoms with Gasteiger partial charge in [-0.15, -0.1) is 0 Å². The van der Waals surface area contributed by atoms with Crippen LogP contribution in [-0.4, -0.2) is 26.6 Å². The van der Waals surface area contributed by atoms with Gasteiger partial charge in [0.2, 0.25) is 5.71 Å². The molecule has 0 radical (unpaired) electrons. The number of nitrogens with zero attached hydrogens (tertiary/aromatic N) is 5. The van der Waals surface area contributed by atoms with Crippen LogP contribution in [0.2, 0.25) is 0 Å². The highest BCUT2D eigenvalue weighted by Gasteiger charge is 2.27. The van der Waals surface area contributed by atoms with Crippen LogP contribution in [0.4, 0.5) is 17.1 Å². The van der Waals surface area contributed by atoms with Gasteiger partial charge in [0.05, 0.1) is 21.5 Å². The van der Waals surface area contributed by atoms with Crippen LogP contribution in [0, 0.1) is 42.9 Å². The fraction of sp³-hybridized carbons (Fsp3) is 0. The molecule has 0 bridgehead atoms. The first-order valence-corrected chi connectivity index (χ1v) is 5.15. The third-order valence-electron chi connectivity index (χ3n) is 2.23. The zero-order chi connectivity index (χ0) is 16.9. The van der Waals surface area contributed by atoms with E-state index in [2.05, 4.69) is 5.10 Å². The van der Waals surface area contributed by atoms with Crippen molar-refractivity contribution in [1.29, 1.82) is 10.5 Å². The highest BCUT2D eigenvalue weighted by Crippen LogP contribution is 2.33. The molecule has 0 atom stereocenters. The summed E-state index contributed by atoms with van der Waals surface area (Å²) in [5.41, 5.74) is -2.05. The van der Waals surface area contributed by atoms with Crippen molar-refractivity contribution in [3.8, 4) is 12.1 Å². The normalized spacial score (nSPS) is 9.00. The first-order chi connectivity index (χ1) is 10.3. The van der Waals surface area contributed by atoms with Gasteiger partial charge in [-0.3, -0.25) is 25.7 Å². The quantitative estimate of drug-likeness (QED) is 0.453. The van der Waals surface area contributed by atoms with E-state index in [0.29, 0.717) is 12.1 Å². The number of hydrogen-bond donors (Lipinski definition) is 2. The summed E-state index contributed by atoms with van der Waals surface area (Å²) >= 11 is 0. The summed E-state index contributed by atoms with van der Waals surface area (Å²) < 4.78 is 0. The number of nitro benzene ring substituents is 2. The number of benzene rings is 1. The Morgan fingerprint density at radius 2 is 1.82 bits per heavy atom. The van der Waals surface area contributed by atoms with Crippen molar-refractivity contribution in [2.45, 2.75) is 0 Å².